The molecular formula is C19H26N2. The molecule has 2 heteroatoms. The van der Waals surface area contributed by atoms with Crippen LogP contribution in [0.5, 0.6) is 0 Å². The predicted octanol–water partition coefficient (Wildman–Crippen LogP) is 3.58. The Morgan fingerprint density at radius 1 is 1.24 bits per heavy atom. The molecule has 0 bridgehead atoms. The molecular weight excluding hydrogens is 256 g/mol. The Labute approximate surface area is 128 Å². The van der Waals surface area contributed by atoms with Crippen molar-refractivity contribution in [1.82, 2.24) is 10.2 Å². The Kier molecular flexibility index (Phi) is 4.45. The van der Waals surface area contributed by atoms with Crippen LogP contribution in [0.4, 0.5) is 0 Å². The van der Waals surface area contributed by atoms with Gasteiger partial charge in [-0.1, -0.05) is 49.4 Å². The van der Waals surface area contributed by atoms with Crippen LogP contribution >= 0.6 is 0 Å². The first-order chi connectivity index (χ1) is 10.2. The molecule has 1 aromatic carbocycles. The fourth-order valence-corrected chi connectivity index (χ4v) is 3.53. The van der Waals surface area contributed by atoms with E-state index in [1.807, 2.05) is 0 Å². The number of allylic oxidation sites excluding steroid dienone is 3. The van der Waals surface area contributed by atoms with Gasteiger partial charge in [-0.15, -0.1) is 0 Å². The van der Waals surface area contributed by atoms with E-state index < -0.39 is 0 Å². The van der Waals surface area contributed by atoms with Gasteiger partial charge in [0.1, 0.15) is 0 Å². The van der Waals surface area contributed by atoms with E-state index in [4.69, 9.17) is 0 Å². The Morgan fingerprint density at radius 3 is 2.86 bits per heavy atom. The average molecular weight is 282 g/mol. The first kappa shape index (κ1) is 14.4. The minimum atomic E-state index is 0.652. The number of benzene rings is 1. The highest BCUT2D eigenvalue weighted by atomic mass is 15.1. The van der Waals surface area contributed by atoms with Crippen LogP contribution in [0.25, 0.3) is 0 Å². The van der Waals surface area contributed by atoms with Crippen molar-refractivity contribution >= 4 is 0 Å². The normalized spacial score (nSPS) is 24.3. The standard InChI is InChI=1S/C19H26N2/c1-15-8-9-17-10-12-20-19(17)18(15)11-13-21(2)14-16-6-4-3-5-7-16/h3-9,15,18,20H,10-14H2,1-2H3. The molecule has 0 aromatic heterocycles. The van der Waals surface area contributed by atoms with Crippen LogP contribution in [-0.2, 0) is 6.54 Å². The highest BCUT2D eigenvalue weighted by Crippen LogP contribution is 2.34. The summed E-state index contributed by atoms with van der Waals surface area (Å²) in [6.07, 6.45) is 7.17. The molecule has 1 heterocycles. The summed E-state index contributed by atoms with van der Waals surface area (Å²) < 4.78 is 0. The molecule has 0 spiro atoms. The smallest absolute Gasteiger partial charge is 0.0230 e. The third-order valence-corrected chi connectivity index (χ3v) is 4.78. The van der Waals surface area contributed by atoms with Gasteiger partial charge in [0.25, 0.3) is 0 Å². The number of hydrogen-bond donors (Lipinski definition) is 1. The van der Waals surface area contributed by atoms with Crippen molar-refractivity contribution in [3.63, 3.8) is 0 Å². The van der Waals surface area contributed by atoms with Gasteiger partial charge in [-0.25, -0.2) is 0 Å². The molecule has 0 radical (unpaired) electrons. The van der Waals surface area contributed by atoms with E-state index in [-0.39, 0.29) is 0 Å². The quantitative estimate of drug-likeness (QED) is 0.888. The molecule has 2 aliphatic rings. The topological polar surface area (TPSA) is 15.3 Å². The molecule has 0 saturated heterocycles. The van der Waals surface area contributed by atoms with E-state index >= 15 is 0 Å². The molecule has 0 fully saturated rings. The first-order valence-electron chi connectivity index (χ1n) is 8.11. The molecule has 21 heavy (non-hydrogen) atoms. The van der Waals surface area contributed by atoms with Gasteiger partial charge in [0.2, 0.25) is 0 Å². The summed E-state index contributed by atoms with van der Waals surface area (Å²) in [5.74, 6) is 1.32. The van der Waals surface area contributed by atoms with Gasteiger partial charge < -0.3 is 10.2 Å². The maximum Gasteiger partial charge on any atom is 0.0230 e. The number of rotatable bonds is 5. The van der Waals surface area contributed by atoms with E-state index in [9.17, 15) is 0 Å². The predicted molar refractivity (Wildman–Crippen MR) is 88.8 cm³/mol. The zero-order chi connectivity index (χ0) is 14.7. The van der Waals surface area contributed by atoms with E-state index in [0.29, 0.717) is 11.8 Å². The van der Waals surface area contributed by atoms with Crippen molar-refractivity contribution in [2.24, 2.45) is 11.8 Å². The second-order valence-corrected chi connectivity index (χ2v) is 6.45. The Morgan fingerprint density at radius 2 is 2.05 bits per heavy atom. The summed E-state index contributed by atoms with van der Waals surface area (Å²) in [6, 6.07) is 10.7. The van der Waals surface area contributed by atoms with Crippen LogP contribution < -0.4 is 5.32 Å². The second-order valence-electron chi connectivity index (χ2n) is 6.45. The van der Waals surface area contributed by atoms with Crippen molar-refractivity contribution in [3.8, 4) is 0 Å². The monoisotopic (exact) mass is 282 g/mol. The van der Waals surface area contributed by atoms with E-state index in [2.05, 4.69) is 66.7 Å². The third-order valence-electron chi connectivity index (χ3n) is 4.78. The lowest BCUT2D eigenvalue weighted by molar-refractivity contribution is 0.284. The maximum absolute atomic E-state index is 3.62. The Balaban J connectivity index is 1.56. The van der Waals surface area contributed by atoms with E-state index in [0.717, 1.165) is 19.6 Å². The van der Waals surface area contributed by atoms with Crippen LogP contribution in [0.1, 0.15) is 25.3 Å². The van der Waals surface area contributed by atoms with Gasteiger partial charge >= 0.3 is 0 Å². The summed E-state index contributed by atoms with van der Waals surface area (Å²) in [7, 11) is 2.23. The third kappa shape index (κ3) is 3.38. The Bertz CT molecular complexity index is 530. The zero-order valence-corrected chi connectivity index (χ0v) is 13.2. The number of hydrogen-bond acceptors (Lipinski definition) is 2. The fraction of sp³-hybridized carbons (Fsp3) is 0.474. The number of nitrogens with zero attached hydrogens (tertiary/aromatic N) is 1. The molecule has 1 aliphatic carbocycles. The van der Waals surface area contributed by atoms with Gasteiger partial charge in [0.15, 0.2) is 0 Å². The highest BCUT2D eigenvalue weighted by molar-refractivity contribution is 5.35. The summed E-state index contributed by atoms with van der Waals surface area (Å²) >= 11 is 0. The van der Waals surface area contributed by atoms with Gasteiger partial charge in [0, 0.05) is 24.7 Å². The molecule has 3 rings (SSSR count). The van der Waals surface area contributed by atoms with Crippen molar-refractivity contribution < 1.29 is 0 Å². The van der Waals surface area contributed by atoms with Gasteiger partial charge in [0.05, 0.1) is 0 Å². The molecule has 2 nitrogen and oxygen atoms in total. The molecule has 0 saturated carbocycles. The van der Waals surface area contributed by atoms with Crippen LogP contribution in [0.15, 0.2) is 53.8 Å². The molecule has 112 valence electrons. The van der Waals surface area contributed by atoms with Gasteiger partial charge in [-0.05, 0) is 43.5 Å². The first-order valence-corrected chi connectivity index (χ1v) is 8.11. The van der Waals surface area contributed by atoms with Gasteiger partial charge in [-0.3, -0.25) is 0 Å². The summed E-state index contributed by atoms with van der Waals surface area (Å²) in [5, 5.41) is 3.62. The zero-order valence-electron chi connectivity index (χ0n) is 13.2. The lowest BCUT2D eigenvalue weighted by atomic mass is 9.82. The molecule has 1 N–H and O–H groups in total. The van der Waals surface area contributed by atoms with Crippen molar-refractivity contribution in [2.75, 3.05) is 20.1 Å². The van der Waals surface area contributed by atoms with Crippen molar-refractivity contribution in [1.29, 1.82) is 0 Å². The molecule has 2 unspecified atom stereocenters. The second kappa shape index (κ2) is 6.48. The Hall–Kier alpha value is -1.54. The maximum atomic E-state index is 3.62. The summed E-state index contributed by atoms with van der Waals surface area (Å²) in [4.78, 5) is 2.44. The highest BCUT2D eigenvalue weighted by Gasteiger charge is 2.28. The minimum absolute atomic E-state index is 0.652. The minimum Gasteiger partial charge on any atom is -0.388 e. The van der Waals surface area contributed by atoms with E-state index in [1.165, 1.54) is 24.1 Å². The summed E-state index contributed by atoms with van der Waals surface area (Å²) in [6.45, 7) is 5.66. The SMILES string of the molecule is CC1C=CC2=C(NCC2)C1CCN(C)Cc1ccccc1. The van der Waals surface area contributed by atoms with Crippen LogP contribution in [0.2, 0.25) is 0 Å². The lowest BCUT2D eigenvalue weighted by Crippen LogP contribution is -2.28. The van der Waals surface area contributed by atoms with Crippen LogP contribution in [0.3, 0.4) is 0 Å². The van der Waals surface area contributed by atoms with Crippen LogP contribution in [0, 0.1) is 11.8 Å². The largest absolute Gasteiger partial charge is 0.388 e. The number of nitrogens with one attached hydrogen (secondary N) is 1. The molecule has 2 atom stereocenters. The van der Waals surface area contributed by atoms with Crippen molar-refractivity contribution in [2.45, 2.75) is 26.3 Å². The average Bonchev–Trinajstić information content (AvgIpc) is 2.96. The fourth-order valence-electron chi connectivity index (χ4n) is 3.53. The molecule has 1 aliphatic heterocycles. The molecule has 0 amide bonds. The van der Waals surface area contributed by atoms with E-state index in [1.54, 1.807) is 5.57 Å². The molecule has 1 aromatic rings. The van der Waals surface area contributed by atoms with Gasteiger partial charge in [-0.2, -0.15) is 0 Å². The van der Waals surface area contributed by atoms with Crippen LogP contribution in [-0.4, -0.2) is 25.0 Å². The van der Waals surface area contributed by atoms with Crippen molar-refractivity contribution in [3.05, 3.63) is 59.3 Å². The lowest BCUT2D eigenvalue weighted by Gasteiger charge is -2.29. The summed E-state index contributed by atoms with van der Waals surface area (Å²) in [5.41, 5.74) is 4.47.